The Balaban J connectivity index is 2.77. The van der Waals surface area contributed by atoms with Gasteiger partial charge in [-0.25, -0.2) is 0 Å². The number of nitrogens with zero attached hydrogens (tertiary/aromatic N) is 1. The van der Waals surface area contributed by atoms with Gasteiger partial charge in [-0.1, -0.05) is 0 Å². The molecule has 0 saturated carbocycles. The van der Waals surface area contributed by atoms with Crippen molar-refractivity contribution >= 4 is 5.97 Å². The lowest BCUT2D eigenvalue weighted by Gasteiger charge is -2.44. The van der Waals surface area contributed by atoms with Crippen LogP contribution in [0.3, 0.4) is 0 Å². The lowest BCUT2D eigenvalue weighted by molar-refractivity contribution is -0.158. The molecule has 0 bridgehead atoms. The molecule has 0 amide bonds. The maximum absolute atomic E-state index is 11.4. The fourth-order valence-electron chi connectivity index (χ4n) is 2.13. The monoisotopic (exact) mass is 231 g/mol. The molecule has 1 aliphatic rings. The van der Waals surface area contributed by atoms with E-state index in [-0.39, 0.29) is 6.04 Å². The molecule has 0 spiro atoms. The number of hydrogen-bond donors (Lipinski definition) is 1. The summed E-state index contributed by atoms with van der Waals surface area (Å²) in [6.45, 7) is 6.06. The highest BCUT2D eigenvalue weighted by Crippen LogP contribution is 2.24. The Morgan fingerprint density at radius 2 is 2.38 bits per heavy atom. The topological polar surface area (TPSA) is 59.0 Å². The Morgan fingerprint density at radius 3 is 2.88 bits per heavy atom. The van der Waals surface area contributed by atoms with E-state index in [4.69, 9.17) is 9.47 Å². The fraction of sp³-hybridized carbons (Fsp3) is 0.909. The summed E-state index contributed by atoms with van der Waals surface area (Å²) in [7, 11) is 1.59. The molecule has 1 rings (SSSR count). The average Bonchev–Trinajstić information content (AvgIpc) is 2.26. The van der Waals surface area contributed by atoms with Crippen LogP contribution >= 0.6 is 0 Å². The van der Waals surface area contributed by atoms with Crippen molar-refractivity contribution in [1.29, 1.82) is 0 Å². The van der Waals surface area contributed by atoms with Crippen LogP contribution in [0.15, 0.2) is 0 Å². The first-order chi connectivity index (χ1) is 7.52. The third kappa shape index (κ3) is 2.72. The van der Waals surface area contributed by atoms with Gasteiger partial charge in [0.25, 0.3) is 0 Å². The van der Waals surface area contributed by atoms with E-state index in [2.05, 4.69) is 0 Å². The van der Waals surface area contributed by atoms with E-state index in [9.17, 15) is 9.90 Å². The molecule has 1 fully saturated rings. The van der Waals surface area contributed by atoms with Gasteiger partial charge in [0, 0.05) is 26.3 Å². The third-order valence-corrected chi connectivity index (χ3v) is 3.26. The van der Waals surface area contributed by atoms with Crippen LogP contribution in [-0.2, 0) is 14.3 Å². The normalized spacial score (nSPS) is 26.3. The van der Waals surface area contributed by atoms with Gasteiger partial charge in [-0.15, -0.1) is 0 Å². The molecule has 16 heavy (non-hydrogen) atoms. The maximum atomic E-state index is 11.4. The van der Waals surface area contributed by atoms with Crippen LogP contribution in [0.25, 0.3) is 0 Å². The van der Waals surface area contributed by atoms with Crippen LogP contribution in [0, 0.1) is 0 Å². The molecule has 5 nitrogen and oxygen atoms in total. The quantitative estimate of drug-likeness (QED) is 0.750. The van der Waals surface area contributed by atoms with Gasteiger partial charge in [-0.2, -0.15) is 0 Å². The third-order valence-electron chi connectivity index (χ3n) is 3.26. The van der Waals surface area contributed by atoms with Crippen molar-refractivity contribution in [2.45, 2.75) is 31.8 Å². The molecule has 0 radical (unpaired) electrons. The number of hydrogen-bond acceptors (Lipinski definition) is 4. The maximum Gasteiger partial charge on any atom is 0.323 e. The van der Waals surface area contributed by atoms with E-state index in [0.29, 0.717) is 32.8 Å². The Hall–Kier alpha value is -0.650. The van der Waals surface area contributed by atoms with Crippen LogP contribution in [0.4, 0.5) is 0 Å². The number of rotatable bonds is 5. The van der Waals surface area contributed by atoms with Crippen LogP contribution < -0.4 is 0 Å². The fourth-order valence-corrected chi connectivity index (χ4v) is 2.13. The van der Waals surface area contributed by atoms with E-state index in [1.165, 1.54) is 0 Å². The van der Waals surface area contributed by atoms with Gasteiger partial charge in [0.1, 0.15) is 5.54 Å². The minimum Gasteiger partial charge on any atom is -0.480 e. The zero-order valence-electron chi connectivity index (χ0n) is 10.2. The lowest BCUT2D eigenvalue weighted by Crippen LogP contribution is -2.60. The van der Waals surface area contributed by atoms with Crippen molar-refractivity contribution in [2.24, 2.45) is 0 Å². The zero-order chi connectivity index (χ0) is 12.2. The van der Waals surface area contributed by atoms with Crippen molar-refractivity contribution in [3.8, 4) is 0 Å². The second-order valence-corrected chi connectivity index (χ2v) is 4.44. The van der Waals surface area contributed by atoms with Gasteiger partial charge in [0.05, 0.1) is 13.2 Å². The van der Waals surface area contributed by atoms with Crippen molar-refractivity contribution in [2.75, 3.05) is 33.5 Å². The summed E-state index contributed by atoms with van der Waals surface area (Å²) in [5.41, 5.74) is -0.862. The van der Waals surface area contributed by atoms with E-state index in [0.717, 1.165) is 0 Å². The summed E-state index contributed by atoms with van der Waals surface area (Å²) >= 11 is 0. The summed E-state index contributed by atoms with van der Waals surface area (Å²) in [6, 6.07) is 0.131. The summed E-state index contributed by atoms with van der Waals surface area (Å²) in [6.07, 6.45) is 0.489. The zero-order valence-corrected chi connectivity index (χ0v) is 10.2. The highest BCUT2D eigenvalue weighted by molar-refractivity contribution is 5.78. The van der Waals surface area contributed by atoms with Gasteiger partial charge < -0.3 is 14.6 Å². The predicted molar refractivity (Wildman–Crippen MR) is 59.5 cm³/mol. The number of morpholine rings is 1. The minimum atomic E-state index is -0.862. The molecule has 2 unspecified atom stereocenters. The number of carbonyl (C=O) groups is 1. The van der Waals surface area contributed by atoms with Gasteiger partial charge in [0.15, 0.2) is 0 Å². The van der Waals surface area contributed by atoms with Gasteiger partial charge in [0.2, 0.25) is 0 Å². The van der Waals surface area contributed by atoms with Crippen LogP contribution in [0.2, 0.25) is 0 Å². The first-order valence-corrected chi connectivity index (χ1v) is 5.59. The van der Waals surface area contributed by atoms with Crippen molar-refractivity contribution in [1.82, 2.24) is 4.90 Å². The molecular weight excluding hydrogens is 210 g/mol. The Labute approximate surface area is 96.3 Å². The number of carboxylic acid groups (broad SMARTS) is 1. The molecule has 94 valence electrons. The van der Waals surface area contributed by atoms with Gasteiger partial charge in [-0.05, 0) is 20.3 Å². The van der Waals surface area contributed by atoms with E-state index >= 15 is 0 Å². The van der Waals surface area contributed by atoms with E-state index in [1.807, 2.05) is 11.8 Å². The SMILES string of the molecule is COCCC(C)(C(=O)O)N1CCOCC1C. The smallest absolute Gasteiger partial charge is 0.323 e. The highest BCUT2D eigenvalue weighted by Gasteiger charge is 2.42. The second kappa shape index (κ2) is 5.61. The van der Waals surface area contributed by atoms with Gasteiger partial charge >= 0.3 is 5.97 Å². The molecule has 0 aliphatic carbocycles. The Morgan fingerprint density at radius 1 is 1.69 bits per heavy atom. The van der Waals surface area contributed by atoms with E-state index in [1.54, 1.807) is 14.0 Å². The minimum absolute atomic E-state index is 0.131. The van der Waals surface area contributed by atoms with Crippen molar-refractivity contribution < 1.29 is 19.4 Å². The predicted octanol–water partition coefficient (Wildman–Crippen LogP) is 0.587. The lowest BCUT2D eigenvalue weighted by atomic mass is 9.93. The summed E-state index contributed by atoms with van der Waals surface area (Å²) in [5.74, 6) is -0.793. The molecule has 1 heterocycles. The molecule has 5 heteroatoms. The number of methoxy groups -OCH3 is 1. The van der Waals surface area contributed by atoms with Crippen LogP contribution in [0.5, 0.6) is 0 Å². The molecule has 0 aromatic rings. The summed E-state index contributed by atoms with van der Waals surface area (Å²) in [4.78, 5) is 13.4. The molecule has 2 atom stereocenters. The van der Waals surface area contributed by atoms with Crippen molar-refractivity contribution in [3.63, 3.8) is 0 Å². The first kappa shape index (κ1) is 13.4. The van der Waals surface area contributed by atoms with Crippen LogP contribution in [-0.4, -0.2) is 61.0 Å². The first-order valence-electron chi connectivity index (χ1n) is 5.59. The molecule has 1 saturated heterocycles. The summed E-state index contributed by atoms with van der Waals surface area (Å²) < 4.78 is 10.3. The molecular formula is C11H21NO4. The second-order valence-electron chi connectivity index (χ2n) is 4.44. The standard InChI is InChI=1S/C11H21NO4/c1-9-8-16-7-5-12(9)11(2,10(13)14)4-6-15-3/h9H,4-8H2,1-3H3,(H,13,14). The average molecular weight is 231 g/mol. The number of aliphatic carboxylic acids is 1. The molecule has 0 aromatic heterocycles. The van der Waals surface area contributed by atoms with E-state index < -0.39 is 11.5 Å². The Bertz CT molecular complexity index is 246. The van der Waals surface area contributed by atoms with Gasteiger partial charge in [-0.3, -0.25) is 9.69 Å². The van der Waals surface area contributed by atoms with Crippen LogP contribution in [0.1, 0.15) is 20.3 Å². The summed E-state index contributed by atoms with van der Waals surface area (Å²) in [5, 5.41) is 9.39. The highest BCUT2D eigenvalue weighted by atomic mass is 16.5. The largest absolute Gasteiger partial charge is 0.480 e. The van der Waals surface area contributed by atoms with Crippen molar-refractivity contribution in [3.05, 3.63) is 0 Å². The Kier molecular flexibility index (Phi) is 4.70. The molecule has 0 aromatic carbocycles. The number of ether oxygens (including phenoxy) is 2. The molecule has 1 N–H and O–H groups in total. The number of carboxylic acids is 1. The molecule has 1 aliphatic heterocycles.